The Bertz CT molecular complexity index is 586. The van der Waals surface area contributed by atoms with Crippen LogP contribution in [0.1, 0.15) is 65.7 Å². The van der Waals surface area contributed by atoms with Crippen LogP contribution in [0.5, 0.6) is 0 Å². The summed E-state index contributed by atoms with van der Waals surface area (Å²) in [6.45, 7) is 6.08. The molecule has 0 bridgehead atoms. The van der Waals surface area contributed by atoms with Gasteiger partial charge in [0, 0.05) is 19.1 Å². The first-order valence-electron chi connectivity index (χ1n) is 9.70. The summed E-state index contributed by atoms with van der Waals surface area (Å²) in [5, 5.41) is 5.75. The first-order chi connectivity index (χ1) is 12.5. The fourth-order valence-electron chi connectivity index (χ4n) is 3.12. The maximum atomic E-state index is 12.7. The van der Waals surface area contributed by atoms with Gasteiger partial charge in [0.25, 0.3) is 0 Å². The number of sulfonamides is 1. The van der Waals surface area contributed by atoms with Crippen molar-refractivity contribution >= 4 is 22.0 Å². The van der Waals surface area contributed by atoms with Gasteiger partial charge in [0.05, 0.1) is 12.2 Å². The van der Waals surface area contributed by atoms with Crippen LogP contribution in [0.15, 0.2) is 0 Å². The summed E-state index contributed by atoms with van der Waals surface area (Å²) in [4.78, 5) is 24.8. The smallest absolute Gasteiger partial charge is 0.407 e. The van der Waals surface area contributed by atoms with Crippen LogP contribution in [0.3, 0.4) is 0 Å². The van der Waals surface area contributed by atoms with Gasteiger partial charge in [0.1, 0.15) is 5.60 Å². The van der Waals surface area contributed by atoms with E-state index in [1.54, 1.807) is 20.8 Å². The maximum Gasteiger partial charge on any atom is 0.407 e. The van der Waals surface area contributed by atoms with E-state index in [0.717, 1.165) is 38.4 Å². The fourth-order valence-corrected chi connectivity index (χ4v) is 3.63. The molecule has 27 heavy (non-hydrogen) atoms. The van der Waals surface area contributed by atoms with Crippen LogP contribution in [-0.4, -0.2) is 51.4 Å². The molecule has 3 N–H and O–H groups in total. The van der Waals surface area contributed by atoms with E-state index < -0.39 is 21.7 Å². The summed E-state index contributed by atoms with van der Waals surface area (Å²) in [7, 11) is -3.22. The molecule has 0 aromatic carbocycles. The predicted octanol–water partition coefficient (Wildman–Crippen LogP) is 1.91. The van der Waals surface area contributed by atoms with Crippen LogP contribution < -0.4 is 15.4 Å². The zero-order valence-electron chi connectivity index (χ0n) is 17.0. The minimum Gasteiger partial charge on any atom is -0.444 e. The Morgan fingerprint density at radius 2 is 1.67 bits per heavy atom. The van der Waals surface area contributed by atoms with Crippen LogP contribution >= 0.6 is 0 Å². The summed E-state index contributed by atoms with van der Waals surface area (Å²) >= 11 is 0. The number of carbonyl (C=O) groups excluding carboxylic acids is 2. The molecule has 158 valence electrons. The lowest BCUT2D eigenvalue weighted by Gasteiger charge is -2.30. The van der Waals surface area contributed by atoms with Gasteiger partial charge in [-0.05, 0) is 40.0 Å². The number of alkyl carbamates (subject to hydrolysis) is 1. The second-order valence-electron chi connectivity index (χ2n) is 8.16. The molecule has 0 aliphatic heterocycles. The SMILES string of the molecule is CC(C)(C)OC(=O)N[C@H]1CCCCCC[C@H]1C(=O)NCCCNS(C)(=O)=O. The van der Waals surface area contributed by atoms with Gasteiger partial charge in [-0.1, -0.05) is 25.7 Å². The minimum absolute atomic E-state index is 0.0997. The Morgan fingerprint density at radius 1 is 1.04 bits per heavy atom. The van der Waals surface area contributed by atoms with E-state index in [1.807, 2.05) is 0 Å². The molecule has 1 rings (SSSR count). The van der Waals surface area contributed by atoms with Crippen LogP contribution in [0.2, 0.25) is 0 Å². The molecule has 0 spiro atoms. The molecule has 0 heterocycles. The van der Waals surface area contributed by atoms with Crippen molar-refractivity contribution in [3.63, 3.8) is 0 Å². The fraction of sp³-hybridized carbons (Fsp3) is 0.889. The molecule has 0 saturated heterocycles. The van der Waals surface area contributed by atoms with Crippen molar-refractivity contribution in [1.29, 1.82) is 0 Å². The number of amides is 2. The van der Waals surface area contributed by atoms with Gasteiger partial charge >= 0.3 is 6.09 Å². The number of nitrogens with one attached hydrogen (secondary N) is 3. The summed E-state index contributed by atoms with van der Waals surface area (Å²) in [6, 6.07) is -0.255. The van der Waals surface area contributed by atoms with Gasteiger partial charge in [-0.2, -0.15) is 0 Å². The van der Waals surface area contributed by atoms with E-state index in [9.17, 15) is 18.0 Å². The number of hydrogen-bond donors (Lipinski definition) is 3. The van der Waals surface area contributed by atoms with Crippen molar-refractivity contribution < 1.29 is 22.7 Å². The van der Waals surface area contributed by atoms with Gasteiger partial charge in [-0.25, -0.2) is 17.9 Å². The van der Waals surface area contributed by atoms with Gasteiger partial charge in [-0.15, -0.1) is 0 Å². The van der Waals surface area contributed by atoms with E-state index in [1.165, 1.54) is 0 Å². The molecule has 0 radical (unpaired) electrons. The van der Waals surface area contributed by atoms with Gasteiger partial charge in [0.2, 0.25) is 15.9 Å². The highest BCUT2D eigenvalue weighted by Crippen LogP contribution is 2.23. The highest BCUT2D eigenvalue weighted by Gasteiger charge is 2.31. The van der Waals surface area contributed by atoms with E-state index in [4.69, 9.17) is 4.74 Å². The molecule has 1 fully saturated rings. The van der Waals surface area contributed by atoms with Crippen LogP contribution in [-0.2, 0) is 19.6 Å². The Balaban J connectivity index is 2.58. The first kappa shape index (κ1) is 23.7. The Labute approximate surface area is 163 Å². The number of carbonyl (C=O) groups is 2. The van der Waals surface area contributed by atoms with E-state index in [-0.39, 0.29) is 24.4 Å². The summed E-state index contributed by atoms with van der Waals surface area (Å²) in [6.07, 6.45) is 6.66. The Kier molecular flexibility index (Phi) is 9.52. The van der Waals surface area contributed by atoms with Gasteiger partial charge in [-0.3, -0.25) is 4.79 Å². The van der Waals surface area contributed by atoms with Crippen molar-refractivity contribution in [2.75, 3.05) is 19.3 Å². The number of rotatable bonds is 7. The molecular weight excluding hydrogens is 370 g/mol. The van der Waals surface area contributed by atoms with Crippen molar-refractivity contribution in [1.82, 2.24) is 15.4 Å². The number of hydrogen-bond acceptors (Lipinski definition) is 5. The molecule has 0 unspecified atom stereocenters. The van der Waals surface area contributed by atoms with Crippen molar-refractivity contribution in [2.24, 2.45) is 5.92 Å². The lowest BCUT2D eigenvalue weighted by Crippen LogP contribution is -2.48. The topological polar surface area (TPSA) is 114 Å². The van der Waals surface area contributed by atoms with Crippen LogP contribution in [0, 0.1) is 5.92 Å². The average molecular weight is 406 g/mol. The first-order valence-corrected chi connectivity index (χ1v) is 11.6. The Hall–Kier alpha value is -1.35. The lowest BCUT2D eigenvalue weighted by molar-refractivity contribution is -0.126. The molecule has 2 amide bonds. The third-order valence-electron chi connectivity index (χ3n) is 4.32. The van der Waals surface area contributed by atoms with Gasteiger partial charge in [0.15, 0.2) is 0 Å². The predicted molar refractivity (Wildman–Crippen MR) is 105 cm³/mol. The van der Waals surface area contributed by atoms with Crippen LogP contribution in [0.4, 0.5) is 4.79 Å². The molecule has 0 aromatic rings. The molecule has 1 saturated carbocycles. The molecule has 1 aliphatic rings. The second-order valence-corrected chi connectivity index (χ2v) is 9.99. The van der Waals surface area contributed by atoms with Crippen molar-refractivity contribution in [3.05, 3.63) is 0 Å². The molecular formula is C18H35N3O5S. The van der Waals surface area contributed by atoms with E-state index in [0.29, 0.717) is 19.4 Å². The second kappa shape index (κ2) is 10.8. The van der Waals surface area contributed by atoms with Crippen molar-refractivity contribution in [3.8, 4) is 0 Å². The highest BCUT2D eigenvalue weighted by molar-refractivity contribution is 7.88. The minimum atomic E-state index is -3.22. The summed E-state index contributed by atoms with van der Waals surface area (Å²) in [5.41, 5.74) is -0.587. The Morgan fingerprint density at radius 3 is 2.26 bits per heavy atom. The third kappa shape index (κ3) is 11.2. The standard InChI is InChI=1S/C18H35N3O5S/c1-18(2,3)26-17(23)21-15-11-8-6-5-7-10-14(15)16(22)19-12-9-13-20-27(4,24)25/h14-15,20H,5-13H2,1-4H3,(H,19,22)(H,21,23)/t14-,15+/m1/s1. The van der Waals surface area contributed by atoms with E-state index in [2.05, 4.69) is 15.4 Å². The molecule has 1 aliphatic carbocycles. The molecule has 8 nitrogen and oxygen atoms in total. The maximum absolute atomic E-state index is 12.7. The van der Waals surface area contributed by atoms with Crippen molar-refractivity contribution in [2.45, 2.75) is 77.4 Å². The van der Waals surface area contributed by atoms with E-state index >= 15 is 0 Å². The zero-order valence-corrected chi connectivity index (χ0v) is 17.8. The lowest BCUT2D eigenvalue weighted by atomic mass is 9.86. The average Bonchev–Trinajstić information content (AvgIpc) is 2.46. The summed E-state index contributed by atoms with van der Waals surface area (Å²) in [5.74, 6) is -0.405. The number of ether oxygens (including phenoxy) is 1. The summed E-state index contributed by atoms with van der Waals surface area (Å²) < 4.78 is 29.8. The quantitative estimate of drug-likeness (QED) is 0.560. The molecule has 0 aromatic heterocycles. The zero-order chi connectivity index (χ0) is 20.5. The van der Waals surface area contributed by atoms with Crippen LogP contribution in [0.25, 0.3) is 0 Å². The molecule has 2 atom stereocenters. The largest absolute Gasteiger partial charge is 0.444 e. The third-order valence-corrected chi connectivity index (χ3v) is 5.05. The molecule has 9 heteroatoms. The monoisotopic (exact) mass is 405 g/mol. The highest BCUT2D eigenvalue weighted by atomic mass is 32.2. The normalized spacial score (nSPS) is 21.6. The van der Waals surface area contributed by atoms with Gasteiger partial charge < -0.3 is 15.4 Å².